The summed E-state index contributed by atoms with van der Waals surface area (Å²) in [7, 11) is 0. The molecule has 0 unspecified atom stereocenters. The van der Waals surface area contributed by atoms with Crippen molar-refractivity contribution in [3.63, 3.8) is 0 Å². The molecule has 1 N–H and O–H groups in total. The molecule has 6 heteroatoms. The van der Waals surface area contributed by atoms with Crippen molar-refractivity contribution in [1.29, 1.82) is 0 Å². The van der Waals surface area contributed by atoms with Crippen molar-refractivity contribution in [2.75, 3.05) is 13.2 Å². The summed E-state index contributed by atoms with van der Waals surface area (Å²) >= 11 is 0. The molecule has 2 aromatic rings. The summed E-state index contributed by atoms with van der Waals surface area (Å²) in [6.45, 7) is 3.05. The van der Waals surface area contributed by atoms with Gasteiger partial charge in [-0.1, -0.05) is 60.7 Å². The molecule has 156 valence electrons. The predicted molar refractivity (Wildman–Crippen MR) is 107 cm³/mol. The first kappa shape index (κ1) is 21.5. The molecule has 0 saturated carbocycles. The average Bonchev–Trinajstić information content (AvgIpc) is 3.03. The largest absolute Gasteiger partial charge is 0.466 e. The number of rotatable bonds is 10. The minimum Gasteiger partial charge on any atom is -0.466 e. The number of benzene rings is 2. The molecule has 1 aliphatic heterocycles. The second kappa shape index (κ2) is 10.5. The van der Waals surface area contributed by atoms with Crippen LogP contribution >= 0.6 is 0 Å². The van der Waals surface area contributed by atoms with Crippen molar-refractivity contribution >= 4 is 5.97 Å². The molecular weight excluding hydrogens is 372 g/mol. The predicted octanol–water partition coefficient (Wildman–Crippen LogP) is 3.22. The highest BCUT2D eigenvalue weighted by Gasteiger charge is 2.47. The van der Waals surface area contributed by atoms with E-state index in [1.165, 1.54) is 0 Å². The smallest absolute Gasteiger partial charge is 0.311 e. The molecule has 2 aromatic carbocycles. The van der Waals surface area contributed by atoms with Crippen LogP contribution in [0.15, 0.2) is 60.7 Å². The molecule has 0 radical (unpaired) electrons. The second-order valence-electron chi connectivity index (χ2n) is 7.12. The van der Waals surface area contributed by atoms with E-state index < -0.39 is 24.0 Å². The average molecular weight is 400 g/mol. The molecule has 3 rings (SSSR count). The van der Waals surface area contributed by atoms with Crippen molar-refractivity contribution in [3.05, 3.63) is 71.8 Å². The second-order valence-corrected chi connectivity index (χ2v) is 7.12. The molecular formula is C23H28O6. The molecule has 29 heavy (non-hydrogen) atoms. The Morgan fingerprint density at radius 1 is 1.07 bits per heavy atom. The van der Waals surface area contributed by atoms with Crippen LogP contribution in [0.25, 0.3) is 0 Å². The van der Waals surface area contributed by atoms with Crippen LogP contribution in [0.2, 0.25) is 0 Å². The number of carbonyl (C=O) groups excluding carboxylic acids is 1. The van der Waals surface area contributed by atoms with Crippen LogP contribution in [0.4, 0.5) is 0 Å². The van der Waals surface area contributed by atoms with E-state index in [2.05, 4.69) is 0 Å². The summed E-state index contributed by atoms with van der Waals surface area (Å²) in [5.41, 5.74) is 2.08. The van der Waals surface area contributed by atoms with Crippen LogP contribution < -0.4 is 0 Å². The summed E-state index contributed by atoms with van der Waals surface area (Å²) in [5.74, 6) is -2.11. The lowest BCUT2D eigenvalue weighted by Crippen LogP contribution is -2.33. The van der Waals surface area contributed by atoms with Gasteiger partial charge in [0.1, 0.15) is 6.10 Å². The lowest BCUT2D eigenvalue weighted by molar-refractivity contribution is -0.212. The van der Waals surface area contributed by atoms with Gasteiger partial charge in [0.2, 0.25) is 0 Å². The number of carbonyl (C=O) groups is 1. The summed E-state index contributed by atoms with van der Waals surface area (Å²) in [6.07, 6.45) is -0.938. The van der Waals surface area contributed by atoms with Gasteiger partial charge in [-0.15, -0.1) is 0 Å². The number of ether oxygens (including phenoxy) is 4. The third-order valence-corrected chi connectivity index (χ3v) is 4.73. The SMILES string of the molecule is CCOC(=O)C[C@@]1(O)C[C@H](OCc2ccccc2)[C@@H](COCc2ccccc2)O1. The summed E-state index contributed by atoms with van der Waals surface area (Å²) < 4.78 is 22.6. The molecule has 1 fully saturated rings. The van der Waals surface area contributed by atoms with Gasteiger partial charge in [-0.25, -0.2) is 0 Å². The molecule has 1 saturated heterocycles. The summed E-state index contributed by atoms with van der Waals surface area (Å²) in [4.78, 5) is 11.9. The highest BCUT2D eigenvalue weighted by atomic mass is 16.7. The monoisotopic (exact) mass is 400 g/mol. The lowest BCUT2D eigenvalue weighted by Gasteiger charge is -2.22. The van der Waals surface area contributed by atoms with Gasteiger partial charge in [-0.2, -0.15) is 0 Å². The van der Waals surface area contributed by atoms with Crippen LogP contribution in [0, 0.1) is 0 Å². The summed E-state index contributed by atoms with van der Waals surface area (Å²) in [6, 6.07) is 19.6. The Bertz CT molecular complexity index is 750. The first-order chi connectivity index (χ1) is 14.1. The van der Waals surface area contributed by atoms with Gasteiger partial charge in [0.25, 0.3) is 0 Å². The molecule has 3 atom stereocenters. The molecule has 0 bridgehead atoms. The van der Waals surface area contributed by atoms with Gasteiger partial charge in [0.05, 0.1) is 39.0 Å². The van der Waals surface area contributed by atoms with Gasteiger partial charge < -0.3 is 24.1 Å². The van der Waals surface area contributed by atoms with E-state index in [-0.39, 0.29) is 26.1 Å². The third kappa shape index (κ3) is 6.65. The quantitative estimate of drug-likeness (QED) is 0.618. The van der Waals surface area contributed by atoms with Crippen molar-refractivity contribution in [2.24, 2.45) is 0 Å². The maximum absolute atomic E-state index is 11.9. The molecule has 0 amide bonds. The first-order valence-corrected chi connectivity index (χ1v) is 9.91. The van der Waals surface area contributed by atoms with Crippen LogP contribution in [0.1, 0.15) is 30.9 Å². The number of hydrogen-bond acceptors (Lipinski definition) is 6. The van der Waals surface area contributed by atoms with Crippen LogP contribution in [0.3, 0.4) is 0 Å². The Kier molecular flexibility index (Phi) is 7.77. The topological polar surface area (TPSA) is 74.2 Å². The van der Waals surface area contributed by atoms with E-state index in [0.29, 0.717) is 13.2 Å². The normalized spacial score (nSPS) is 23.8. The van der Waals surface area contributed by atoms with Crippen LogP contribution in [-0.2, 0) is 37.0 Å². The Hall–Kier alpha value is -2.25. The Morgan fingerprint density at radius 2 is 1.69 bits per heavy atom. The molecule has 0 aliphatic carbocycles. The lowest BCUT2D eigenvalue weighted by atomic mass is 10.1. The minimum absolute atomic E-state index is 0.179. The van der Waals surface area contributed by atoms with Crippen molar-refractivity contribution in [1.82, 2.24) is 0 Å². The van der Waals surface area contributed by atoms with Crippen LogP contribution in [-0.4, -0.2) is 42.3 Å². The zero-order chi connectivity index (χ0) is 20.5. The zero-order valence-electron chi connectivity index (χ0n) is 16.7. The van der Waals surface area contributed by atoms with Gasteiger partial charge in [0, 0.05) is 6.42 Å². The Morgan fingerprint density at radius 3 is 2.31 bits per heavy atom. The first-order valence-electron chi connectivity index (χ1n) is 9.91. The molecule has 1 aliphatic rings. The van der Waals surface area contributed by atoms with E-state index in [1.807, 2.05) is 60.7 Å². The highest BCUT2D eigenvalue weighted by Crippen LogP contribution is 2.34. The van der Waals surface area contributed by atoms with E-state index in [4.69, 9.17) is 18.9 Å². The molecule has 1 heterocycles. The fraction of sp³-hybridized carbons (Fsp3) is 0.435. The fourth-order valence-corrected chi connectivity index (χ4v) is 3.36. The maximum Gasteiger partial charge on any atom is 0.311 e. The number of aliphatic hydroxyl groups is 1. The molecule has 0 spiro atoms. The molecule has 0 aromatic heterocycles. The third-order valence-electron chi connectivity index (χ3n) is 4.73. The van der Waals surface area contributed by atoms with Crippen molar-refractivity contribution < 1.29 is 28.8 Å². The summed E-state index contributed by atoms with van der Waals surface area (Å²) in [5, 5.41) is 10.8. The maximum atomic E-state index is 11.9. The highest BCUT2D eigenvalue weighted by molar-refractivity contribution is 5.70. The Labute approximate surface area is 171 Å². The van der Waals surface area contributed by atoms with Crippen LogP contribution in [0.5, 0.6) is 0 Å². The number of esters is 1. The van der Waals surface area contributed by atoms with Gasteiger partial charge in [0.15, 0.2) is 5.79 Å². The standard InChI is InChI=1S/C23H28O6/c1-2-27-22(24)14-23(25)13-20(28-16-19-11-7-4-8-12-19)21(29-23)17-26-15-18-9-5-3-6-10-18/h3-12,20-21,25H,2,13-17H2,1H3/t20-,21+,23+/m0/s1. The van der Waals surface area contributed by atoms with E-state index in [9.17, 15) is 9.90 Å². The van der Waals surface area contributed by atoms with Gasteiger partial charge >= 0.3 is 5.97 Å². The van der Waals surface area contributed by atoms with E-state index >= 15 is 0 Å². The number of hydrogen-bond donors (Lipinski definition) is 1. The van der Waals surface area contributed by atoms with E-state index in [1.54, 1.807) is 6.92 Å². The fourth-order valence-electron chi connectivity index (χ4n) is 3.36. The zero-order valence-corrected chi connectivity index (χ0v) is 16.7. The minimum atomic E-state index is -1.62. The Balaban J connectivity index is 1.59. The van der Waals surface area contributed by atoms with E-state index in [0.717, 1.165) is 11.1 Å². The van der Waals surface area contributed by atoms with Gasteiger partial charge in [-0.05, 0) is 18.1 Å². The molecule has 6 nitrogen and oxygen atoms in total. The van der Waals surface area contributed by atoms with Crippen molar-refractivity contribution in [2.45, 2.75) is 51.0 Å². The van der Waals surface area contributed by atoms with Gasteiger partial charge in [-0.3, -0.25) is 4.79 Å². The van der Waals surface area contributed by atoms with Crippen molar-refractivity contribution in [3.8, 4) is 0 Å².